The lowest BCUT2D eigenvalue weighted by atomic mass is 9.93. The summed E-state index contributed by atoms with van der Waals surface area (Å²) < 4.78 is 5.28. The third kappa shape index (κ3) is 4.37. The van der Waals surface area contributed by atoms with Crippen molar-refractivity contribution in [1.29, 1.82) is 0 Å². The third-order valence-corrected chi connectivity index (χ3v) is 5.16. The van der Waals surface area contributed by atoms with Crippen LogP contribution in [0.1, 0.15) is 37.7 Å². The van der Waals surface area contributed by atoms with Crippen LogP contribution in [-0.2, 0) is 4.79 Å². The standard InChI is InChI=1S/C22H28N2O2/c1-3-21(17-8-5-4-6-9-17)22(25)24-14-12-18(13-15-24)23-19-10-7-11-20(16-19)26-2/h4-11,16,18,21,23H,3,12-15H2,1-2H3/t21-/m1/s1. The summed E-state index contributed by atoms with van der Waals surface area (Å²) in [6.07, 6.45) is 2.77. The van der Waals surface area contributed by atoms with Gasteiger partial charge in [0.25, 0.3) is 0 Å². The number of piperidine rings is 1. The second-order valence-electron chi connectivity index (χ2n) is 6.85. The predicted octanol–water partition coefficient (Wildman–Crippen LogP) is 4.29. The van der Waals surface area contributed by atoms with E-state index in [0.717, 1.165) is 49.4 Å². The number of ether oxygens (including phenoxy) is 1. The Kier molecular flexibility index (Phi) is 6.16. The summed E-state index contributed by atoms with van der Waals surface area (Å²) >= 11 is 0. The molecule has 1 N–H and O–H groups in total. The van der Waals surface area contributed by atoms with E-state index >= 15 is 0 Å². The van der Waals surface area contributed by atoms with Crippen LogP contribution in [0.4, 0.5) is 5.69 Å². The molecule has 1 heterocycles. The van der Waals surface area contributed by atoms with E-state index in [1.165, 1.54) is 0 Å². The Morgan fingerprint density at radius 1 is 1.15 bits per heavy atom. The van der Waals surface area contributed by atoms with Crippen LogP contribution in [0, 0.1) is 0 Å². The molecule has 1 amide bonds. The van der Waals surface area contributed by atoms with Gasteiger partial charge in [-0.25, -0.2) is 0 Å². The molecule has 1 fully saturated rings. The summed E-state index contributed by atoms with van der Waals surface area (Å²) in [7, 11) is 1.68. The quantitative estimate of drug-likeness (QED) is 0.843. The van der Waals surface area contributed by atoms with E-state index < -0.39 is 0 Å². The van der Waals surface area contributed by atoms with Crippen molar-refractivity contribution in [3.8, 4) is 5.75 Å². The van der Waals surface area contributed by atoms with E-state index in [4.69, 9.17) is 4.74 Å². The molecule has 0 bridgehead atoms. The number of nitrogens with zero attached hydrogens (tertiary/aromatic N) is 1. The van der Waals surface area contributed by atoms with Gasteiger partial charge in [0.1, 0.15) is 5.75 Å². The van der Waals surface area contributed by atoms with Gasteiger partial charge in [-0.1, -0.05) is 43.3 Å². The Morgan fingerprint density at radius 2 is 1.88 bits per heavy atom. The highest BCUT2D eigenvalue weighted by Crippen LogP contribution is 2.25. The number of benzene rings is 2. The van der Waals surface area contributed by atoms with Crippen LogP contribution >= 0.6 is 0 Å². The molecule has 26 heavy (non-hydrogen) atoms. The predicted molar refractivity (Wildman–Crippen MR) is 106 cm³/mol. The molecule has 3 rings (SSSR count). The number of anilines is 1. The van der Waals surface area contributed by atoms with Crippen molar-refractivity contribution >= 4 is 11.6 Å². The molecule has 1 aliphatic rings. The van der Waals surface area contributed by atoms with Crippen LogP contribution in [0.25, 0.3) is 0 Å². The van der Waals surface area contributed by atoms with Gasteiger partial charge in [0.05, 0.1) is 13.0 Å². The van der Waals surface area contributed by atoms with Gasteiger partial charge < -0.3 is 15.0 Å². The molecule has 0 radical (unpaired) electrons. The van der Waals surface area contributed by atoms with Crippen LogP contribution in [0.3, 0.4) is 0 Å². The second kappa shape index (κ2) is 8.75. The number of carbonyl (C=O) groups is 1. The van der Waals surface area contributed by atoms with Crippen molar-refractivity contribution in [2.24, 2.45) is 0 Å². The maximum absolute atomic E-state index is 13.0. The summed E-state index contributed by atoms with van der Waals surface area (Å²) in [4.78, 5) is 15.0. The van der Waals surface area contributed by atoms with Crippen molar-refractivity contribution in [2.75, 3.05) is 25.5 Å². The number of nitrogens with one attached hydrogen (secondary N) is 1. The van der Waals surface area contributed by atoms with Crippen molar-refractivity contribution in [3.63, 3.8) is 0 Å². The molecule has 0 saturated carbocycles. The lowest BCUT2D eigenvalue weighted by molar-refractivity contribution is -0.133. The fraction of sp³-hybridized carbons (Fsp3) is 0.409. The van der Waals surface area contributed by atoms with Crippen LogP contribution in [0.15, 0.2) is 54.6 Å². The average Bonchev–Trinajstić information content (AvgIpc) is 2.70. The highest BCUT2D eigenvalue weighted by atomic mass is 16.5. The van der Waals surface area contributed by atoms with E-state index in [-0.39, 0.29) is 11.8 Å². The summed E-state index contributed by atoms with van der Waals surface area (Å²) in [5, 5.41) is 3.57. The van der Waals surface area contributed by atoms with Gasteiger partial charge in [-0.3, -0.25) is 4.79 Å². The van der Waals surface area contributed by atoms with E-state index in [1.54, 1.807) is 7.11 Å². The minimum atomic E-state index is -0.0286. The summed E-state index contributed by atoms with van der Waals surface area (Å²) in [6.45, 7) is 3.71. The smallest absolute Gasteiger partial charge is 0.230 e. The molecule has 4 heteroatoms. The van der Waals surface area contributed by atoms with Gasteiger partial charge in [-0.15, -0.1) is 0 Å². The van der Waals surface area contributed by atoms with Gasteiger partial charge in [0, 0.05) is 30.9 Å². The molecule has 1 atom stereocenters. The molecule has 1 saturated heterocycles. The molecular formula is C22H28N2O2. The minimum absolute atomic E-state index is 0.0286. The summed E-state index contributed by atoms with van der Waals surface area (Å²) in [5.41, 5.74) is 2.20. The molecule has 0 aliphatic carbocycles. The fourth-order valence-electron chi connectivity index (χ4n) is 3.65. The normalized spacial score (nSPS) is 16.2. The van der Waals surface area contributed by atoms with E-state index in [2.05, 4.69) is 30.4 Å². The summed E-state index contributed by atoms with van der Waals surface area (Å²) in [6, 6.07) is 18.5. The topological polar surface area (TPSA) is 41.6 Å². The zero-order valence-electron chi connectivity index (χ0n) is 15.7. The van der Waals surface area contributed by atoms with Crippen LogP contribution < -0.4 is 10.1 Å². The Balaban J connectivity index is 1.56. The van der Waals surface area contributed by atoms with Gasteiger partial charge in [-0.2, -0.15) is 0 Å². The van der Waals surface area contributed by atoms with Gasteiger partial charge in [0.15, 0.2) is 0 Å². The number of likely N-dealkylation sites (tertiary alicyclic amines) is 1. The van der Waals surface area contributed by atoms with Gasteiger partial charge >= 0.3 is 0 Å². The number of amides is 1. The zero-order valence-corrected chi connectivity index (χ0v) is 15.7. The molecule has 0 spiro atoms. The van der Waals surface area contributed by atoms with Crippen LogP contribution in [-0.4, -0.2) is 37.0 Å². The lowest BCUT2D eigenvalue weighted by Gasteiger charge is -2.35. The number of methoxy groups -OCH3 is 1. The van der Waals surface area contributed by atoms with Gasteiger partial charge in [-0.05, 0) is 37.0 Å². The number of hydrogen-bond acceptors (Lipinski definition) is 3. The average molecular weight is 352 g/mol. The molecule has 4 nitrogen and oxygen atoms in total. The molecule has 0 unspecified atom stereocenters. The number of hydrogen-bond donors (Lipinski definition) is 1. The van der Waals surface area contributed by atoms with Crippen LogP contribution in [0.5, 0.6) is 5.75 Å². The Bertz CT molecular complexity index is 709. The monoisotopic (exact) mass is 352 g/mol. The zero-order chi connectivity index (χ0) is 18.4. The maximum Gasteiger partial charge on any atom is 0.230 e. The Labute approximate surface area is 156 Å². The maximum atomic E-state index is 13.0. The van der Waals surface area contributed by atoms with E-state index in [9.17, 15) is 4.79 Å². The van der Waals surface area contributed by atoms with Gasteiger partial charge in [0.2, 0.25) is 5.91 Å². The summed E-state index contributed by atoms with van der Waals surface area (Å²) in [5.74, 6) is 1.09. The first-order valence-electron chi connectivity index (χ1n) is 9.45. The lowest BCUT2D eigenvalue weighted by Crippen LogP contribution is -2.44. The molecule has 1 aliphatic heterocycles. The van der Waals surface area contributed by atoms with E-state index in [1.807, 2.05) is 41.3 Å². The van der Waals surface area contributed by atoms with Crippen molar-refractivity contribution in [1.82, 2.24) is 4.90 Å². The largest absolute Gasteiger partial charge is 0.497 e. The fourth-order valence-corrected chi connectivity index (χ4v) is 3.65. The highest BCUT2D eigenvalue weighted by molar-refractivity contribution is 5.83. The van der Waals surface area contributed by atoms with Crippen molar-refractivity contribution < 1.29 is 9.53 Å². The third-order valence-electron chi connectivity index (χ3n) is 5.16. The minimum Gasteiger partial charge on any atom is -0.497 e. The highest BCUT2D eigenvalue weighted by Gasteiger charge is 2.28. The SMILES string of the molecule is CC[C@@H](C(=O)N1CCC(Nc2cccc(OC)c2)CC1)c1ccccc1. The molecular weight excluding hydrogens is 324 g/mol. The first-order chi connectivity index (χ1) is 12.7. The Morgan fingerprint density at radius 3 is 2.54 bits per heavy atom. The number of carbonyl (C=O) groups excluding carboxylic acids is 1. The first-order valence-corrected chi connectivity index (χ1v) is 9.45. The first kappa shape index (κ1) is 18.3. The number of rotatable bonds is 6. The van der Waals surface area contributed by atoms with Crippen molar-refractivity contribution in [2.45, 2.75) is 38.1 Å². The Hall–Kier alpha value is -2.49. The molecule has 0 aromatic heterocycles. The van der Waals surface area contributed by atoms with Crippen LogP contribution in [0.2, 0.25) is 0 Å². The molecule has 2 aromatic carbocycles. The molecule has 138 valence electrons. The van der Waals surface area contributed by atoms with E-state index in [0.29, 0.717) is 6.04 Å². The second-order valence-corrected chi connectivity index (χ2v) is 6.85. The van der Waals surface area contributed by atoms with Crippen molar-refractivity contribution in [3.05, 3.63) is 60.2 Å². The molecule has 2 aromatic rings.